The second-order valence-electron chi connectivity index (χ2n) is 9.55. The first-order chi connectivity index (χ1) is 15.8. The summed E-state index contributed by atoms with van der Waals surface area (Å²) in [7, 11) is 0. The Kier molecular flexibility index (Phi) is 5.16. The quantitative estimate of drug-likeness (QED) is 0.393. The van der Waals surface area contributed by atoms with Crippen molar-refractivity contribution in [1.82, 2.24) is 15.3 Å². The fourth-order valence-electron chi connectivity index (χ4n) is 4.39. The first-order valence-corrected chi connectivity index (χ1v) is 11.2. The van der Waals surface area contributed by atoms with E-state index in [2.05, 4.69) is 39.6 Å². The largest absolute Gasteiger partial charge is 0.444 e. The van der Waals surface area contributed by atoms with Gasteiger partial charge >= 0.3 is 6.09 Å². The highest BCUT2D eigenvalue weighted by atomic mass is 16.6. The van der Waals surface area contributed by atoms with Gasteiger partial charge in [-0.2, -0.15) is 0 Å². The molecule has 1 aliphatic carbocycles. The monoisotopic (exact) mass is 441 g/mol. The molecule has 1 fully saturated rings. The zero-order valence-corrected chi connectivity index (χ0v) is 19.1. The maximum Gasteiger partial charge on any atom is 0.408 e. The Bertz CT molecular complexity index is 1280. The second kappa shape index (κ2) is 8.03. The summed E-state index contributed by atoms with van der Waals surface area (Å²) in [6, 6.07) is 18.4. The van der Waals surface area contributed by atoms with Crippen LogP contribution in [0.2, 0.25) is 0 Å². The van der Waals surface area contributed by atoms with E-state index >= 15 is 0 Å². The lowest BCUT2D eigenvalue weighted by atomic mass is 9.71. The first-order valence-electron chi connectivity index (χ1n) is 11.2. The van der Waals surface area contributed by atoms with Gasteiger partial charge in [0, 0.05) is 17.3 Å². The van der Waals surface area contributed by atoms with Crippen molar-refractivity contribution in [3.63, 3.8) is 0 Å². The highest BCUT2D eigenvalue weighted by Gasteiger charge is 2.41. The van der Waals surface area contributed by atoms with Crippen LogP contribution in [-0.2, 0) is 10.3 Å². The molecule has 1 saturated carbocycles. The Morgan fingerprint density at radius 1 is 1.03 bits per heavy atom. The fourth-order valence-corrected chi connectivity index (χ4v) is 4.39. The van der Waals surface area contributed by atoms with Gasteiger partial charge in [-0.05, 0) is 51.2 Å². The zero-order valence-electron chi connectivity index (χ0n) is 19.1. The number of fused-ring (bicyclic) bond motifs is 1. The van der Waals surface area contributed by atoms with Crippen molar-refractivity contribution < 1.29 is 13.9 Å². The third kappa shape index (κ3) is 4.09. The molecule has 0 saturated heterocycles. The number of carbonyl (C=O) groups is 1. The van der Waals surface area contributed by atoms with Gasteiger partial charge in [0.1, 0.15) is 17.7 Å². The van der Waals surface area contributed by atoms with Crippen LogP contribution in [-0.4, -0.2) is 21.7 Å². The van der Waals surface area contributed by atoms with Crippen LogP contribution in [0.1, 0.15) is 45.6 Å². The Morgan fingerprint density at radius 3 is 2.39 bits per heavy atom. The molecule has 2 heterocycles. The molecule has 5 rings (SSSR count). The predicted molar refractivity (Wildman–Crippen MR) is 128 cm³/mol. The van der Waals surface area contributed by atoms with Gasteiger partial charge in [-0.3, -0.25) is 0 Å². The third-order valence-electron chi connectivity index (χ3n) is 6.08. The van der Waals surface area contributed by atoms with Gasteiger partial charge in [0.15, 0.2) is 0 Å². The molecule has 6 nitrogen and oxygen atoms in total. The van der Waals surface area contributed by atoms with Gasteiger partial charge in [-0.1, -0.05) is 54.6 Å². The van der Waals surface area contributed by atoms with Crippen LogP contribution < -0.4 is 5.32 Å². The topological polar surface area (TPSA) is 77.2 Å². The SMILES string of the molecule is CC(C)(C)OC(=O)NC1(c2ccc(-c3oc4ncncc4c3-c3ccccc3)cc2)CCC1. The molecule has 4 aromatic rings. The van der Waals surface area contributed by atoms with E-state index in [-0.39, 0.29) is 11.6 Å². The van der Waals surface area contributed by atoms with Crippen molar-refractivity contribution in [3.8, 4) is 22.5 Å². The summed E-state index contributed by atoms with van der Waals surface area (Å²) in [5, 5.41) is 4.00. The maximum atomic E-state index is 12.5. The molecule has 0 radical (unpaired) electrons. The third-order valence-corrected chi connectivity index (χ3v) is 6.08. The minimum Gasteiger partial charge on any atom is -0.444 e. The predicted octanol–water partition coefficient (Wildman–Crippen LogP) is 6.46. The number of benzene rings is 2. The summed E-state index contributed by atoms with van der Waals surface area (Å²) in [6.07, 6.45) is 5.75. The Morgan fingerprint density at radius 2 is 1.76 bits per heavy atom. The molecule has 1 aliphatic rings. The summed E-state index contributed by atoms with van der Waals surface area (Å²) in [5.74, 6) is 0.756. The van der Waals surface area contributed by atoms with E-state index in [1.807, 2.05) is 51.1 Å². The van der Waals surface area contributed by atoms with Gasteiger partial charge in [0.2, 0.25) is 5.71 Å². The van der Waals surface area contributed by atoms with Crippen molar-refractivity contribution >= 4 is 17.2 Å². The Hall–Kier alpha value is -3.67. The molecule has 2 aromatic heterocycles. The van der Waals surface area contributed by atoms with Crippen molar-refractivity contribution in [2.24, 2.45) is 0 Å². The van der Waals surface area contributed by atoms with E-state index in [1.165, 1.54) is 6.33 Å². The van der Waals surface area contributed by atoms with Crippen LogP contribution in [0.4, 0.5) is 4.79 Å². The smallest absolute Gasteiger partial charge is 0.408 e. The summed E-state index contributed by atoms with van der Waals surface area (Å²) < 4.78 is 11.7. The molecule has 1 N–H and O–H groups in total. The molecule has 0 aliphatic heterocycles. The number of rotatable bonds is 4. The van der Waals surface area contributed by atoms with E-state index in [0.29, 0.717) is 5.71 Å². The van der Waals surface area contributed by atoms with Crippen molar-refractivity contribution in [1.29, 1.82) is 0 Å². The summed E-state index contributed by atoms with van der Waals surface area (Å²) >= 11 is 0. The van der Waals surface area contributed by atoms with E-state index in [4.69, 9.17) is 9.15 Å². The molecule has 0 atom stereocenters. The van der Waals surface area contributed by atoms with Crippen LogP contribution in [0.15, 0.2) is 71.5 Å². The van der Waals surface area contributed by atoms with Gasteiger partial charge in [-0.15, -0.1) is 0 Å². The van der Waals surface area contributed by atoms with Crippen LogP contribution in [0.5, 0.6) is 0 Å². The average molecular weight is 442 g/mol. The summed E-state index contributed by atoms with van der Waals surface area (Å²) in [6.45, 7) is 5.62. The standard InChI is InChI=1S/C27H27N3O3/c1-26(2,3)33-25(31)30-27(14-7-15-27)20-12-10-19(11-13-20)23-22(18-8-5-4-6-9-18)21-16-28-17-29-24(21)32-23/h4-6,8-13,16-17H,7,14-15H2,1-3H3,(H,30,31). The van der Waals surface area contributed by atoms with Crippen LogP contribution in [0.25, 0.3) is 33.6 Å². The molecule has 1 amide bonds. The fraction of sp³-hybridized carbons (Fsp3) is 0.296. The normalized spacial score (nSPS) is 15.1. The molecule has 6 heteroatoms. The van der Waals surface area contributed by atoms with E-state index < -0.39 is 5.60 Å². The lowest BCUT2D eigenvalue weighted by Crippen LogP contribution is -2.52. The molecule has 0 spiro atoms. The van der Waals surface area contributed by atoms with E-state index in [9.17, 15) is 4.79 Å². The number of amides is 1. The van der Waals surface area contributed by atoms with Crippen LogP contribution in [0, 0.1) is 0 Å². The summed E-state index contributed by atoms with van der Waals surface area (Å²) in [4.78, 5) is 21.0. The number of carbonyl (C=O) groups excluding carboxylic acids is 1. The molecule has 0 unspecified atom stereocenters. The molecule has 33 heavy (non-hydrogen) atoms. The number of hydrogen-bond donors (Lipinski definition) is 1. The number of nitrogens with zero attached hydrogens (tertiary/aromatic N) is 2. The lowest BCUT2D eigenvalue weighted by molar-refractivity contribution is 0.0377. The van der Waals surface area contributed by atoms with Crippen molar-refractivity contribution in [2.45, 2.75) is 51.2 Å². The van der Waals surface area contributed by atoms with Gasteiger partial charge in [0.05, 0.1) is 10.9 Å². The lowest BCUT2D eigenvalue weighted by Gasteiger charge is -2.43. The highest BCUT2D eigenvalue weighted by molar-refractivity contribution is 5.99. The minimum absolute atomic E-state index is 0.381. The van der Waals surface area contributed by atoms with Crippen LogP contribution >= 0.6 is 0 Å². The zero-order chi connectivity index (χ0) is 23.1. The number of alkyl carbamates (subject to hydrolysis) is 1. The molecule has 0 bridgehead atoms. The molecule has 168 valence electrons. The van der Waals surface area contributed by atoms with Crippen molar-refractivity contribution in [3.05, 3.63) is 72.7 Å². The molecular formula is C27H27N3O3. The first kappa shape index (κ1) is 21.2. The Balaban J connectivity index is 1.50. The number of hydrogen-bond acceptors (Lipinski definition) is 5. The number of furan rings is 1. The Labute approximate surface area is 193 Å². The second-order valence-corrected chi connectivity index (χ2v) is 9.55. The van der Waals surface area contributed by atoms with E-state index in [0.717, 1.165) is 52.7 Å². The minimum atomic E-state index is -0.531. The highest BCUT2D eigenvalue weighted by Crippen LogP contribution is 2.44. The van der Waals surface area contributed by atoms with Gasteiger partial charge in [-0.25, -0.2) is 14.8 Å². The van der Waals surface area contributed by atoms with E-state index in [1.54, 1.807) is 6.20 Å². The van der Waals surface area contributed by atoms with Crippen LogP contribution in [0.3, 0.4) is 0 Å². The number of aromatic nitrogens is 2. The summed E-state index contributed by atoms with van der Waals surface area (Å²) in [5.41, 5.74) is 3.68. The average Bonchev–Trinajstić information content (AvgIpc) is 3.15. The van der Waals surface area contributed by atoms with Gasteiger partial charge in [0.25, 0.3) is 0 Å². The molecular weight excluding hydrogens is 414 g/mol. The molecule has 2 aromatic carbocycles. The van der Waals surface area contributed by atoms with Crippen molar-refractivity contribution in [2.75, 3.05) is 0 Å². The maximum absolute atomic E-state index is 12.5. The number of ether oxygens (including phenoxy) is 1. The van der Waals surface area contributed by atoms with Gasteiger partial charge < -0.3 is 14.5 Å². The number of nitrogens with one attached hydrogen (secondary N) is 1.